The molecular weight excluding hydrogens is 536 g/mol. The lowest BCUT2D eigenvalue weighted by Crippen LogP contribution is -2.56. The van der Waals surface area contributed by atoms with Gasteiger partial charge < -0.3 is 25.0 Å². The van der Waals surface area contributed by atoms with E-state index in [1.807, 2.05) is 6.07 Å². The van der Waals surface area contributed by atoms with E-state index >= 15 is 4.39 Å². The number of halogens is 4. The third kappa shape index (κ3) is 5.60. The van der Waals surface area contributed by atoms with Crippen molar-refractivity contribution in [3.05, 3.63) is 52.4 Å². The number of nitriles is 1. The molecule has 0 aliphatic carbocycles. The van der Waals surface area contributed by atoms with Crippen molar-refractivity contribution < 1.29 is 32.2 Å². The molecule has 214 valence electrons. The molecule has 3 atom stereocenters. The molecule has 1 amide bonds. The van der Waals surface area contributed by atoms with Gasteiger partial charge in [0.15, 0.2) is 11.9 Å². The molecule has 14 heteroatoms. The van der Waals surface area contributed by atoms with Crippen molar-refractivity contribution >= 4 is 28.5 Å². The van der Waals surface area contributed by atoms with Gasteiger partial charge in [-0.05, 0) is 51.0 Å². The van der Waals surface area contributed by atoms with Gasteiger partial charge in [-0.1, -0.05) is 12.1 Å². The quantitative estimate of drug-likeness (QED) is 0.384. The van der Waals surface area contributed by atoms with Crippen molar-refractivity contribution in [3.63, 3.8) is 0 Å². The van der Waals surface area contributed by atoms with Crippen LogP contribution >= 0.6 is 0 Å². The van der Waals surface area contributed by atoms with Crippen LogP contribution in [0.15, 0.2) is 41.3 Å². The number of alkyl halides is 4. The summed E-state index contributed by atoms with van der Waals surface area (Å²) < 4.78 is 61.2. The molecule has 2 aromatic heterocycles. The molecule has 40 heavy (non-hydrogen) atoms. The number of nitrogens with zero attached hydrogens (tertiary/aromatic N) is 4. The Morgan fingerprint density at radius 1 is 1.30 bits per heavy atom. The lowest BCUT2D eigenvalue weighted by Gasteiger charge is -2.43. The van der Waals surface area contributed by atoms with Crippen LogP contribution in [0.2, 0.25) is 0 Å². The summed E-state index contributed by atoms with van der Waals surface area (Å²) in [5, 5.41) is 26.5. The number of ether oxygens (including phenoxy) is 1. The first kappa shape index (κ1) is 28.9. The number of likely N-dealkylation sites (tertiary alicyclic amines) is 1. The third-order valence-corrected chi connectivity index (χ3v) is 6.64. The predicted molar refractivity (Wildman–Crippen MR) is 137 cm³/mol. The second-order valence-corrected chi connectivity index (χ2v) is 10.6. The Balaban J connectivity index is 1.71. The molecule has 0 bridgehead atoms. The maximum absolute atomic E-state index is 16.0. The first-order valence-corrected chi connectivity index (χ1v) is 12.4. The zero-order valence-corrected chi connectivity index (χ0v) is 21.9. The van der Waals surface area contributed by atoms with Gasteiger partial charge in [0.2, 0.25) is 0 Å². The molecule has 1 fully saturated rings. The highest BCUT2D eigenvalue weighted by atomic mass is 19.4. The van der Waals surface area contributed by atoms with E-state index in [1.165, 1.54) is 34.0 Å². The zero-order valence-electron chi connectivity index (χ0n) is 21.9. The van der Waals surface area contributed by atoms with Gasteiger partial charge in [-0.2, -0.15) is 23.5 Å². The number of hydrogen-bond acceptors (Lipinski definition) is 7. The number of aromatic nitrogens is 3. The van der Waals surface area contributed by atoms with Crippen LogP contribution in [0.4, 0.5) is 33.9 Å². The van der Waals surface area contributed by atoms with E-state index in [9.17, 15) is 33.1 Å². The number of hydrogen-bond donors (Lipinski definition) is 3. The van der Waals surface area contributed by atoms with Crippen LogP contribution in [0.5, 0.6) is 0 Å². The lowest BCUT2D eigenvalue weighted by molar-refractivity contribution is -0.206. The summed E-state index contributed by atoms with van der Waals surface area (Å²) in [5.74, 6) is -0.0138. The fraction of sp³-hybridized carbons (Fsp3) is 0.462. The van der Waals surface area contributed by atoms with Crippen molar-refractivity contribution in [2.75, 3.05) is 18.4 Å². The number of aliphatic hydroxyl groups excluding tert-OH is 1. The van der Waals surface area contributed by atoms with Gasteiger partial charge >= 0.3 is 12.3 Å². The SMILES string of the molecule is CC(C)(C)OC(=O)N1CC[C@](CC#N)(n2nc(Nc3ccc([C@H](O)C(F)(F)F)cc3)c3c(=O)[nH]ccc32)[C@H](F)C1. The zero-order chi connectivity index (χ0) is 29.5. The number of fused-ring (bicyclic) bond motifs is 1. The van der Waals surface area contributed by atoms with E-state index in [0.29, 0.717) is 0 Å². The molecule has 3 aromatic rings. The Kier molecular flexibility index (Phi) is 7.55. The molecule has 0 unspecified atom stereocenters. The molecular formula is C26H28F4N6O4. The van der Waals surface area contributed by atoms with Gasteiger partial charge in [0.05, 0.1) is 24.6 Å². The summed E-state index contributed by atoms with van der Waals surface area (Å²) in [7, 11) is 0. The minimum absolute atomic E-state index is 0.00594. The van der Waals surface area contributed by atoms with E-state index in [2.05, 4.69) is 15.4 Å². The van der Waals surface area contributed by atoms with Gasteiger partial charge in [0, 0.05) is 18.4 Å². The Bertz CT molecular complexity index is 1490. The number of benzene rings is 1. The van der Waals surface area contributed by atoms with Crippen molar-refractivity contribution in [2.45, 2.75) is 63.2 Å². The molecule has 10 nitrogen and oxygen atoms in total. The van der Waals surface area contributed by atoms with Crippen LogP contribution < -0.4 is 10.9 Å². The molecule has 3 N–H and O–H groups in total. The molecule has 0 spiro atoms. The van der Waals surface area contributed by atoms with Crippen molar-refractivity contribution in [3.8, 4) is 6.07 Å². The summed E-state index contributed by atoms with van der Waals surface area (Å²) >= 11 is 0. The Hall–Kier alpha value is -4.12. The maximum atomic E-state index is 16.0. The fourth-order valence-corrected chi connectivity index (χ4v) is 4.66. The highest BCUT2D eigenvalue weighted by molar-refractivity contribution is 5.91. The first-order chi connectivity index (χ1) is 18.7. The molecule has 4 rings (SSSR count). The fourth-order valence-electron chi connectivity index (χ4n) is 4.66. The molecule has 0 radical (unpaired) electrons. The number of carbonyl (C=O) groups excluding carboxylic acids is 1. The minimum Gasteiger partial charge on any atom is -0.444 e. The smallest absolute Gasteiger partial charge is 0.418 e. The molecule has 1 saturated heterocycles. The monoisotopic (exact) mass is 564 g/mol. The van der Waals surface area contributed by atoms with E-state index in [1.54, 1.807) is 20.8 Å². The molecule has 1 aromatic carbocycles. The molecule has 1 aliphatic heterocycles. The average Bonchev–Trinajstić information content (AvgIpc) is 3.23. The topological polar surface area (TPSA) is 136 Å². The predicted octanol–water partition coefficient (Wildman–Crippen LogP) is 4.65. The van der Waals surface area contributed by atoms with Crippen LogP contribution in [0.1, 0.15) is 45.3 Å². The number of piperidine rings is 1. The summed E-state index contributed by atoms with van der Waals surface area (Å²) in [6.07, 6.45) is -8.92. The third-order valence-electron chi connectivity index (χ3n) is 6.64. The van der Waals surface area contributed by atoms with Crippen LogP contribution in [0, 0.1) is 11.3 Å². The van der Waals surface area contributed by atoms with Crippen LogP contribution in [-0.2, 0) is 10.3 Å². The summed E-state index contributed by atoms with van der Waals surface area (Å²) in [6, 6.07) is 8.20. The number of H-pyrrole nitrogens is 1. The second-order valence-electron chi connectivity index (χ2n) is 10.6. The largest absolute Gasteiger partial charge is 0.444 e. The molecule has 0 saturated carbocycles. The van der Waals surface area contributed by atoms with E-state index in [-0.39, 0.29) is 53.9 Å². The van der Waals surface area contributed by atoms with Crippen molar-refractivity contribution in [1.82, 2.24) is 19.7 Å². The van der Waals surface area contributed by atoms with Gasteiger partial charge in [0.1, 0.15) is 22.7 Å². The number of nitrogens with one attached hydrogen (secondary N) is 2. The standard InChI is InChI=1S/C26H28F4N6O4/c1-24(2,3)40-23(39)35-13-10-25(9-11-31,18(27)14-35)36-17-8-12-32-22(38)19(17)21(34-36)33-16-6-4-15(5-7-16)20(37)26(28,29)30/h4-8,12,18,20,37H,9-10,13-14H2,1-3H3,(H,32,38)(H,33,34)/t18-,20+,25+/m1/s1. The second kappa shape index (κ2) is 10.5. The van der Waals surface area contributed by atoms with Crippen LogP contribution in [-0.4, -0.2) is 61.9 Å². The minimum atomic E-state index is -4.84. The number of amides is 1. The van der Waals surface area contributed by atoms with Gasteiger partial charge in [-0.3, -0.25) is 9.48 Å². The number of anilines is 2. The van der Waals surface area contributed by atoms with Crippen LogP contribution in [0.25, 0.3) is 10.9 Å². The number of rotatable bonds is 5. The normalized spacial score (nSPS) is 20.7. The number of aromatic amines is 1. The van der Waals surface area contributed by atoms with E-state index in [0.717, 1.165) is 12.1 Å². The van der Waals surface area contributed by atoms with Gasteiger partial charge in [-0.15, -0.1) is 0 Å². The van der Waals surface area contributed by atoms with E-state index < -0.39 is 41.2 Å². The summed E-state index contributed by atoms with van der Waals surface area (Å²) in [5.41, 5.74) is -2.79. The molecule has 3 heterocycles. The van der Waals surface area contributed by atoms with Crippen molar-refractivity contribution in [1.29, 1.82) is 5.26 Å². The van der Waals surface area contributed by atoms with Gasteiger partial charge in [0.25, 0.3) is 5.56 Å². The Morgan fingerprint density at radius 3 is 2.55 bits per heavy atom. The number of carbonyl (C=O) groups is 1. The van der Waals surface area contributed by atoms with Crippen LogP contribution in [0.3, 0.4) is 0 Å². The number of pyridine rings is 1. The maximum Gasteiger partial charge on any atom is 0.418 e. The Morgan fingerprint density at radius 2 is 1.98 bits per heavy atom. The summed E-state index contributed by atoms with van der Waals surface area (Å²) in [6.45, 7) is 4.77. The highest BCUT2D eigenvalue weighted by Crippen LogP contribution is 2.40. The summed E-state index contributed by atoms with van der Waals surface area (Å²) in [4.78, 5) is 29.1. The van der Waals surface area contributed by atoms with E-state index in [4.69, 9.17) is 4.74 Å². The lowest BCUT2D eigenvalue weighted by atomic mass is 9.83. The highest BCUT2D eigenvalue weighted by Gasteiger charge is 2.49. The van der Waals surface area contributed by atoms with Crippen molar-refractivity contribution in [2.24, 2.45) is 0 Å². The Labute approximate surface area is 226 Å². The number of aliphatic hydroxyl groups is 1. The first-order valence-electron chi connectivity index (χ1n) is 12.4. The van der Waals surface area contributed by atoms with Gasteiger partial charge in [-0.25, -0.2) is 9.18 Å². The molecule has 1 aliphatic rings. The average molecular weight is 565 g/mol.